The van der Waals surface area contributed by atoms with Crippen LogP contribution in [0.15, 0.2) is 30.3 Å². The number of rotatable bonds is 5. The van der Waals surface area contributed by atoms with Crippen molar-refractivity contribution in [1.29, 1.82) is 0 Å². The molecule has 2 aromatic rings. The van der Waals surface area contributed by atoms with E-state index in [1.807, 2.05) is 19.1 Å². The maximum atomic E-state index is 12.9. The maximum Gasteiger partial charge on any atom is 0.123 e. The lowest BCUT2D eigenvalue weighted by Crippen LogP contribution is -2.23. The molecule has 1 N–H and O–H groups in total. The summed E-state index contributed by atoms with van der Waals surface area (Å²) < 4.78 is 12.9. The molecule has 0 saturated heterocycles. The third-order valence-electron chi connectivity index (χ3n) is 3.79. The summed E-state index contributed by atoms with van der Waals surface area (Å²) in [6, 6.07) is 9.09. The zero-order chi connectivity index (χ0) is 15.4. The molecular weight excluding hydrogens is 263 g/mol. The molecule has 2 nitrogen and oxygen atoms in total. The van der Waals surface area contributed by atoms with Crippen molar-refractivity contribution in [1.82, 2.24) is 10.3 Å². The van der Waals surface area contributed by atoms with Crippen LogP contribution in [0.3, 0.4) is 0 Å². The van der Waals surface area contributed by atoms with Crippen LogP contribution in [-0.4, -0.2) is 11.5 Å². The van der Waals surface area contributed by atoms with E-state index >= 15 is 0 Å². The summed E-state index contributed by atoms with van der Waals surface area (Å²) in [7, 11) is 0. The van der Waals surface area contributed by atoms with Crippen LogP contribution in [0.5, 0.6) is 0 Å². The average Bonchev–Trinajstić information content (AvgIpc) is 2.40. The van der Waals surface area contributed by atoms with Gasteiger partial charge in [0, 0.05) is 17.4 Å². The molecule has 3 heteroatoms. The van der Waals surface area contributed by atoms with Crippen molar-refractivity contribution in [2.45, 2.75) is 40.2 Å². The summed E-state index contributed by atoms with van der Waals surface area (Å²) in [5, 5.41) is 3.53. The van der Waals surface area contributed by atoms with Gasteiger partial charge in [-0.15, -0.1) is 0 Å². The van der Waals surface area contributed by atoms with Gasteiger partial charge in [0.05, 0.1) is 0 Å². The summed E-state index contributed by atoms with van der Waals surface area (Å²) >= 11 is 0. The first kappa shape index (κ1) is 15.6. The van der Waals surface area contributed by atoms with E-state index in [0.29, 0.717) is 0 Å². The quantitative estimate of drug-likeness (QED) is 0.897. The highest BCUT2D eigenvalue weighted by atomic mass is 19.1. The molecule has 1 aromatic heterocycles. The van der Waals surface area contributed by atoms with Gasteiger partial charge in [0.25, 0.3) is 0 Å². The van der Waals surface area contributed by atoms with Crippen LogP contribution in [0.2, 0.25) is 0 Å². The first-order chi connectivity index (χ1) is 9.97. The van der Waals surface area contributed by atoms with Gasteiger partial charge in [-0.1, -0.05) is 12.1 Å². The van der Waals surface area contributed by atoms with Gasteiger partial charge < -0.3 is 5.32 Å². The Bertz CT molecular complexity index is 582. The second kappa shape index (κ2) is 6.81. The fraction of sp³-hybridized carbons (Fsp3) is 0.389. The molecule has 0 amide bonds. The van der Waals surface area contributed by atoms with E-state index < -0.39 is 0 Å². The lowest BCUT2D eigenvalue weighted by molar-refractivity contribution is 0.568. The van der Waals surface area contributed by atoms with E-state index in [9.17, 15) is 4.39 Å². The number of pyridine rings is 1. The molecule has 1 unspecified atom stereocenters. The normalized spacial score (nSPS) is 12.4. The van der Waals surface area contributed by atoms with Crippen molar-refractivity contribution in [3.05, 3.63) is 64.2 Å². The minimum absolute atomic E-state index is 0.183. The first-order valence-corrected chi connectivity index (χ1v) is 7.40. The average molecular weight is 286 g/mol. The van der Waals surface area contributed by atoms with Gasteiger partial charge in [-0.25, -0.2) is 4.39 Å². The van der Waals surface area contributed by atoms with E-state index in [2.05, 4.69) is 37.1 Å². The molecule has 0 spiro atoms. The van der Waals surface area contributed by atoms with Gasteiger partial charge in [0.15, 0.2) is 0 Å². The van der Waals surface area contributed by atoms with Crippen LogP contribution in [0.1, 0.15) is 41.0 Å². The molecule has 0 aliphatic carbocycles. The van der Waals surface area contributed by atoms with Gasteiger partial charge in [-0.3, -0.25) is 4.98 Å². The molecule has 21 heavy (non-hydrogen) atoms. The van der Waals surface area contributed by atoms with Crippen molar-refractivity contribution in [3.63, 3.8) is 0 Å². The third-order valence-corrected chi connectivity index (χ3v) is 3.79. The number of nitrogens with zero attached hydrogens (tertiary/aromatic N) is 1. The van der Waals surface area contributed by atoms with Crippen molar-refractivity contribution in [2.24, 2.45) is 0 Å². The Morgan fingerprint density at radius 3 is 2.43 bits per heavy atom. The number of aromatic nitrogens is 1. The molecule has 1 heterocycles. The number of aryl methyl sites for hydroxylation is 3. The van der Waals surface area contributed by atoms with E-state index in [4.69, 9.17) is 0 Å². The largest absolute Gasteiger partial charge is 0.310 e. The second-order valence-corrected chi connectivity index (χ2v) is 5.63. The van der Waals surface area contributed by atoms with Crippen molar-refractivity contribution < 1.29 is 4.39 Å². The number of nitrogens with one attached hydrogen (secondary N) is 1. The summed E-state index contributed by atoms with van der Waals surface area (Å²) in [5.74, 6) is -0.183. The van der Waals surface area contributed by atoms with E-state index in [-0.39, 0.29) is 11.9 Å². The molecule has 0 bridgehead atoms. The molecule has 1 aromatic carbocycles. The fourth-order valence-electron chi connectivity index (χ4n) is 2.87. The number of hydrogen-bond donors (Lipinski definition) is 1. The monoisotopic (exact) mass is 286 g/mol. The number of hydrogen-bond acceptors (Lipinski definition) is 2. The van der Waals surface area contributed by atoms with Crippen LogP contribution in [0, 0.1) is 26.6 Å². The SMILES string of the molecule is Cc1cc(C)c(C(C)NCCc2ccc(F)cc2)c(C)n1. The van der Waals surface area contributed by atoms with Crippen LogP contribution < -0.4 is 5.32 Å². The van der Waals surface area contributed by atoms with Crippen LogP contribution >= 0.6 is 0 Å². The Labute approximate surface area is 126 Å². The first-order valence-electron chi connectivity index (χ1n) is 7.40. The molecular formula is C18H23FN2. The minimum Gasteiger partial charge on any atom is -0.310 e. The van der Waals surface area contributed by atoms with E-state index in [1.54, 1.807) is 0 Å². The van der Waals surface area contributed by atoms with Gasteiger partial charge in [0.1, 0.15) is 5.82 Å². The minimum atomic E-state index is -0.183. The second-order valence-electron chi connectivity index (χ2n) is 5.63. The van der Waals surface area contributed by atoms with Gasteiger partial charge in [0.2, 0.25) is 0 Å². The molecule has 0 fully saturated rings. The molecule has 1 atom stereocenters. The maximum absolute atomic E-state index is 12.9. The van der Waals surface area contributed by atoms with E-state index in [1.165, 1.54) is 23.3 Å². The van der Waals surface area contributed by atoms with E-state index in [0.717, 1.165) is 29.9 Å². The van der Waals surface area contributed by atoms with Crippen LogP contribution in [0.25, 0.3) is 0 Å². The molecule has 0 saturated carbocycles. The Balaban J connectivity index is 1.96. The summed E-state index contributed by atoms with van der Waals surface area (Å²) in [6.45, 7) is 9.25. The zero-order valence-corrected chi connectivity index (χ0v) is 13.2. The predicted octanol–water partition coefficient (Wildman–Crippen LogP) is 4.04. The summed E-state index contributed by atoms with van der Waals surface area (Å²) in [5.41, 5.74) is 5.86. The van der Waals surface area contributed by atoms with Crippen molar-refractivity contribution in [2.75, 3.05) is 6.54 Å². The van der Waals surface area contributed by atoms with Gasteiger partial charge in [-0.05, 0) is 75.5 Å². The standard InChI is InChI=1S/C18H23FN2/c1-12-11-13(2)21-15(4)18(12)14(3)20-10-9-16-5-7-17(19)8-6-16/h5-8,11,14,20H,9-10H2,1-4H3. The zero-order valence-electron chi connectivity index (χ0n) is 13.2. The van der Waals surface area contributed by atoms with Gasteiger partial charge in [-0.2, -0.15) is 0 Å². The smallest absolute Gasteiger partial charge is 0.123 e. The Morgan fingerprint density at radius 2 is 1.81 bits per heavy atom. The lowest BCUT2D eigenvalue weighted by Gasteiger charge is -2.19. The Hall–Kier alpha value is -1.74. The third kappa shape index (κ3) is 4.11. The Kier molecular flexibility index (Phi) is 5.07. The van der Waals surface area contributed by atoms with Gasteiger partial charge >= 0.3 is 0 Å². The molecule has 112 valence electrons. The predicted molar refractivity (Wildman–Crippen MR) is 85.0 cm³/mol. The van der Waals surface area contributed by atoms with Crippen LogP contribution in [0.4, 0.5) is 4.39 Å². The fourth-order valence-corrected chi connectivity index (χ4v) is 2.87. The molecule has 0 aliphatic rings. The molecule has 0 aliphatic heterocycles. The molecule has 2 rings (SSSR count). The topological polar surface area (TPSA) is 24.9 Å². The highest BCUT2D eigenvalue weighted by molar-refractivity contribution is 5.33. The highest BCUT2D eigenvalue weighted by Crippen LogP contribution is 2.21. The Morgan fingerprint density at radius 1 is 1.14 bits per heavy atom. The number of benzene rings is 1. The van der Waals surface area contributed by atoms with Crippen molar-refractivity contribution >= 4 is 0 Å². The highest BCUT2D eigenvalue weighted by Gasteiger charge is 2.12. The van der Waals surface area contributed by atoms with Crippen LogP contribution in [-0.2, 0) is 6.42 Å². The summed E-state index contributed by atoms with van der Waals surface area (Å²) in [4.78, 5) is 4.55. The molecule has 0 radical (unpaired) electrons. The lowest BCUT2D eigenvalue weighted by atomic mass is 10.00. The summed E-state index contributed by atoms with van der Waals surface area (Å²) in [6.07, 6.45) is 0.891. The number of halogens is 1. The van der Waals surface area contributed by atoms with Crippen molar-refractivity contribution in [3.8, 4) is 0 Å².